The summed E-state index contributed by atoms with van der Waals surface area (Å²) in [7, 11) is -3.64. The van der Waals surface area contributed by atoms with Gasteiger partial charge in [0.25, 0.3) is 0 Å². The van der Waals surface area contributed by atoms with E-state index in [1.165, 1.54) is 18.1 Å². The molecule has 0 aliphatic heterocycles. The van der Waals surface area contributed by atoms with Crippen molar-refractivity contribution in [2.75, 3.05) is 0 Å². The molecule has 2 aromatic rings. The van der Waals surface area contributed by atoms with Crippen molar-refractivity contribution in [3.8, 4) is 0 Å². The molecule has 6 heteroatoms. The van der Waals surface area contributed by atoms with Crippen molar-refractivity contribution < 1.29 is 0 Å². The van der Waals surface area contributed by atoms with Crippen molar-refractivity contribution in [2.24, 2.45) is 0 Å². The quantitative estimate of drug-likeness (QED) is 0.262. The Morgan fingerprint density at radius 3 is 1.25 bits per heavy atom. The Morgan fingerprint density at radius 2 is 0.944 bits per heavy atom. The van der Waals surface area contributed by atoms with Gasteiger partial charge in [-0.25, -0.2) is 0 Å². The molecule has 0 saturated heterocycles. The Labute approximate surface area is 258 Å². The second-order valence-electron chi connectivity index (χ2n) is 14.7. The third-order valence-electron chi connectivity index (χ3n) is 6.16. The SMILES string of the molecule is CC(C)c1cccc(C(C)C)[c]1[Ge][c]1c(C[Si](C)(C)C)cc(C[Si](C)(C)C)cc1C[Si](C)(C)C.[Li].[Li]. The van der Waals surface area contributed by atoms with E-state index in [1.54, 1.807) is 36.6 Å². The van der Waals surface area contributed by atoms with Crippen LogP contribution >= 0.6 is 0 Å². The molecule has 0 aromatic heterocycles. The van der Waals surface area contributed by atoms with Gasteiger partial charge in [0, 0.05) is 37.7 Å². The molecule has 0 saturated carbocycles. The van der Waals surface area contributed by atoms with Crippen LogP contribution in [0.25, 0.3) is 0 Å². The van der Waals surface area contributed by atoms with Gasteiger partial charge in [0.05, 0.1) is 0 Å². The molecule has 0 aliphatic rings. The minimum atomic E-state index is -1.24. The first kappa shape index (κ1) is 36.8. The van der Waals surface area contributed by atoms with Crippen molar-refractivity contribution in [1.29, 1.82) is 0 Å². The molecule has 2 aromatic carbocycles. The molecule has 0 fully saturated rings. The van der Waals surface area contributed by atoms with Gasteiger partial charge in [0.2, 0.25) is 0 Å². The summed E-state index contributed by atoms with van der Waals surface area (Å²) in [6, 6.07) is 16.5. The molecule has 0 aliphatic carbocycles. The normalized spacial score (nSPS) is 12.5. The molecule has 0 bridgehead atoms. The van der Waals surface area contributed by atoms with Crippen molar-refractivity contribution in [2.45, 2.75) is 117 Å². The van der Waals surface area contributed by atoms with E-state index in [2.05, 4.69) is 117 Å². The number of hydrogen-bond acceptors (Lipinski definition) is 0. The molecule has 36 heavy (non-hydrogen) atoms. The minimum Gasteiger partial charge on any atom is 0 e. The first-order valence-electron chi connectivity index (χ1n) is 13.4. The van der Waals surface area contributed by atoms with Crippen LogP contribution in [0.3, 0.4) is 0 Å². The number of rotatable bonds is 10. The van der Waals surface area contributed by atoms with Gasteiger partial charge in [-0.3, -0.25) is 0 Å². The first-order valence-corrected chi connectivity index (χ1v) is 26.6. The molecular formula is C30H52GeLi2Si3. The Morgan fingerprint density at radius 1 is 0.583 bits per heavy atom. The van der Waals surface area contributed by atoms with Gasteiger partial charge in [0.1, 0.15) is 0 Å². The molecule has 0 nitrogen and oxygen atoms in total. The Bertz CT molecular complexity index is 918. The van der Waals surface area contributed by atoms with E-state index in [9.17, 15) is 0 Å². The molecule has 190 valence electrons. The average Bonchev–Trinajstić information content (AvgIpc) is 2.60. The number of benzene rings is 2. The van der Waals surface area contributed by atoms with E-state index < -0.39 is 39.7 Å². The fourth-order valence-corrected chi connectivity index (χ4v) is 14.0. The molecule has 0 heterocycles. The van der Waals surface area contributed by atoms with Gasteiger partial charge in [-0.2, -0.15) is 0 Å². The Balaban J connectivity index is 0.00000612. The van der Waals surface area contributed by atoms with Gasteiger partial charge < -0.3 is 0 Å². The van der Waals surface area contributed by atoms with Crippen LogP contribution in [0.15, 0.2) is 30.3 Å². The minimum absolute atomic E-state index is 0. The molecule has 0 atom stereocenters. The molecule has 0 N–H and O–H groups in total. The standard InChI is InChI=1S/C30H52GeSi3.2Li/c1-22(2)27-15-14-16-28(23(3)4)30(27)31-29-25(20-33(8,9)10)17-24(19-32(5,6)7)18-26(29)21-34(11,12)13;;/h14-18,22-23H,19-21H2,1-13H3;;. The molecular weight excluding hydrogens is 531 g/mol. The summed E-state index contributed by atoms with van der Waals surface area (Å²) in [4.78, 5) is 0. The fraction of sp³-hybridized carbons (Fsp3) is 0.600. The van der Waals surface area contributed by atoms with Gasteiger partial charge in [-0.05, 0) is 0 Å². The van der Waals surface area contributed by atoms with E-state index >= 15 is 0 Å². The summed E-state index contributed by atoms with van der Waals surface area (Å²) >= 11 is -0.407. The maximum atomic E-state index is 2.68. The van der Waals surface area contributed by atoms with Crippen molar-refractivity contribution in [3.05, 3.63) is 58.1 Å². The zero-order valence-electron chi connectivity index (χ0n) is 26.7. The maximum absolute atomic E-state index is 2.68. The zero-order valence-corrected chi connectivity index (χ0v) is 31.8. The van der Waals surface area contributed by atoms with Crippen LogP contribution in [-0.4, -0.2) is 77.4 Å². The van der Waals surface area contributed by atoms with Crippen LogP contribution in [-0.2, 0) is 18.1 Å². The first-order chi connectivity index (χ1) is 15.4. The summed E-state index contributed by atoms with van der Waals surface area (Å²) < 4.78 is 3.54. The van der Waals surface area contributed by atoms with Gasteiger partial charge in [-0.15, -0.1) is 0 Å². The van der Waals surface area contributed by atoms with Crippen molar-refractivity contribution >= 4 is 86.2 Å². The van der Waals surface area contributed by atoms with Crippen LogP contribution in [0.1, 0.15) is 67.3 Å². The van der Waals surface area contributed by atoms with Gasteiger partial charge in [-0.1, -0.05) is 0 Å². The molecule has 0 spiro atoms. The van der Waals surface area contributed by atoms with Gasteiger partial charge in [0.15, 0.2) is 0 Å². The van der Waals surface area contributed by atoms with Crippen LogP contribution < -0.4 is 8.79 Å². The third-order valence-corrected chi connectivity index (χ3v) is 14.1. The molecule has 4 radical (unpaired) electrons. The summed E-state index contributed by atoms with van der Waals surface area (Å²) in [6.07, 6.45) is 0. The molecule has 2 rings (SSSR count). The van der Waals surface area contributed by atoms with E-state index in [0.29, 0.717) is 11.8 Å². The third kappa shape index (κ3) is 11.9. The van der Waals surface area contributed by atoms with Crippen molar-refractivity contribution in [3.63, 3.8) is 0 Å². The average molecular weight is 583 g/mol. The van der Waals surface area contributed by atoms with Crippen LogP contribution in [0.5, 0.6) is 0 Å². The largest absolute Gasteiger partial charge is 0 e. The topological polar surface area (TPSA) is 0 Å². The summed E-state index contributed by atoms with van der Waals surface area (Å²) in [5.74, 6) is 1.17. The smallest absolute Gasteiger partial charge is 0 e. The second kappa shape index (κ2) is 14.5. The predicted molar refractivity (Wildman–Crippen MR) is 179 cm³/mol. The van der Waals surface area contributed by atoms with Gasteiger partial charge >= 0.3 is 223 Å². The van der Waals surface area contributed by atoms with E-state index in [1.807, 2.05) is 0 Å². The summed E-state index contributed by atoms with van der Waals surface area (Å²) in [5, 5.41) is 0. The van der Waals surface area contributed by atoms with Crippen LogP contribution in [0, 0.1) is 0 Å². The summed E-state index contributed by atoms with van der Waals surface area (Å²) in [5.41, 5.74) is 8.32. The van der Waals surface area contributed by atoms with E-state index in [0.717, 1.165) is 0 Å². The van der Waals surface area contributed by atoms with Crippen LogP contribution in [0.4, 0.5) is 0 Å². The van der Waals surface area contributed by atoms with Crippen molar-refractivity contribution in [1.82, 2.24) is 0 Å². The Kier molecular flexibility index (Phi) is 14.8. The van der Waals surface area contributed by atoms with E-state index in [4.69, 9.17) is 0 Å². The molecule has 0 amide bonds. The zero-order chi connectivity index (χ0) is 26.1. The summed E-state index contributed by atoms with van der Waals surface area (Å²) in [6.45, 7) is 32.5. The second-order valence-corrected chi connectivity index (χ2v) is 33.8. The van der Waals surface area contributed by atoms with E-state index in [-0.39, 0.29) is 37.7 Å². The Hall–Kier alpha value is 0.828. The molecule has 0 unspecified atom stereocenters. The fourth-order valence-electron chi connectivity index (χ4n) is 4.96. The number of hydrogen-bond donors (Lipinski definition) is 0. The monoisotopic (exact) mass is 584 g/mol. The van der Waals surface area contributed by atoms with Crippen LogP contribution in [0.2, 0.25) is 58.9 Å². The predicted octanol–water partition coefficient (Wildman–Crippen LogP) is 7.09. The maximum Gasteiger partial charge on any atom is 0 e.